The number of hydrogen-bond acceptors (Lipinski definition) is 8. The van der Waals surface area contributed by atoms with E-state index < -0.39 is 41.0 Å². The van der Waals surface area contributed by atoms with Crippen LogP contribution in [0.2, 0.25) is 0 Å². The molecule has 8 nitrogen and oxygen atoms in total. The first-order valence-corrected chi connectivity index (χ1v) is 6.49. The summed E-state index contributed by atoms with van der Waals surface area (Å²) in [5.41, 5.74) is -0.258. The number of aromatic hydroxyl groups is 5. The molecule has 24 heavy (non-hydrogen) atoms. The van der Waals surface area contributed by atoms with Gasteiger partial charge >= 0.3 is 19.5 Å². The molecule has 0 saturated carbocycles. The summed E-state index contributed by atoms with van der Waals surface area (Å²) in [4.78, 5) is 12.2. The zero-order chi connectivity index (χ0) is 16.9. The molecule has 0 unspecified atom stereocenters. The Hall–Kier alpha value is -2.51. The second-order valence-corrected chi connectivity index (χ2v) is 5.09. The first-order chi connectivity index (χ1) is 10.8. The average molecular weight is 386 g/mol. The van der Waals surface area contributed by atoms with Gasteiger partial charge in [-0.2, -0.15) is 0 Å². The van der Waals surface area contributed by atoms with E-state index >= 15 is 0 Å². The predicted octanol–water partition coefficient (Wildman–Crippen LogP) is 0.889. The summed E-state index contributed by atoms with van der Waals surface area (Å²) in [6.45, 7) is 0. The number of carbonyl (C=O) groups excluding carboxylic acids is 1. The van der Waals surface area contributed by atoms with E-state index in [1.807, 2.05) is 0 Å². The topological polar surface area (TPSA) is 148 Å². The Morgan fingerprint density at radius 3 is 2.04 bits per heavy atom. The minimum atomic E-state index is -1.72. The molecule has 0 aromatic heterocycles. The Labute approximate surface area is 148 Å². The number of benzene rings is 2. The van der Waals surface area contributed by atoms with Crippen LogP contribution in [0.1, 0.15) is 22.0 Å². The Balaban J connectivity index is 0.00000208. The first kappa shape index (κ1) is 17.8. The van der Waals surface area contributed by atoms with Crippen molar-refractivity contribution in [3.63, 3.8) is 0 Å². The number of fused-ring (bicyclic) bond motifs is 1. The van der Waals surface area contributed by atoms with Gasteiger partial charge in [-0.15, -0.1) is 0 Å². The van der Waals surface area contributed by atoms with E-state index in [1.165, 1.54) is 0 Å². The van der Waals surface area contributed by atoms with E-state index in [1.54, 1.807) is 0 Å². The second kappa shape index (κ2) is 6.18. The van der Waals surface area contributed by atoms with E-state index in [0.717, 1.165) is 24.3 Å². The fraction of sp³-hybridized carbons (Fsp3) is 0.133. The Kier molecular flexibility index (Phi) is 4.60. The van der Waals surface area contributed by atoms with Crippen LogP contribution in [0.4, 0.5) is 0 Å². The molecule has 2 aromatic carbocycles. The van der Waals surface area contributed by atoms with Crippen molar-refractivity contribution in [1.82, 2.24) is 0 Å². The average Bonchev–Trinajstić information content (AvgIpc) is 2.47. The van der Waals surface area contributed by atoms with Gasteiger partial charge in [0.05, 0.1) is 0 Å². The van der Waals surface area contributed by atoms with Gasteiger partial charge in [0.2, 0.25) is 5.78 Å². The van der Waals surface area contributed by atoms with E-state index in [9.17, 15) is 35.4 Å². The molecule has 2 atom stereocenters. The standard InChI is InChI=1S/C15H12O8.Zn/c16-6-3-7(17)11-10(4-6)23-15(14(22)13(11)21)5-1-8(18)12(20)9(19)2-5;/h1-4,14-20,22H;/q;+2/t14-,15+;/m0./s1. The smallest absolute Gasteiger partial charge is 0.508 e. The Bertz CT molecular complexity index is 796. The van der Waals surface area contributed by atoms with Gasteiger partial charge < -0.3 is 35.4 Å². The molecule has 2 aromatic rings. The van der Waals surface area contributed by atoms with Gasteiger partial charge in [0, 0.05) is 17.7 Å². The van der Waals surface area contributed by atoms with Crippen molar-refractivity contribution in [2.45, 2.75) is 12.2 Å². The van der Waals surface area contributed by atoms with E-state index in [-0.39, 0.29) is 42.1 Å². The molecule has 0 saturated heterocycles. The maximum atomic E-state index is 12.2. The normalized spacial score (nSPS) is 19.1. The first-order valence-electron chi connectivity index (χ1n) is 6.49. The molecule has 9 heteroatoms. The van der Waals surface area contributed by atoms with Gasteiger partial charge in [0.15, 0.2) is 29.5 Å². The fourth-order valence-corrected chi connectivity index (χ4v) is 2.45. The Morgan fingerprint density at radius 1 is 0.875 bits per heavy atom. The van der Waals surface area contributed by atoms with Crippen molar-refractivity contribution in [3.8, 4) is 34.5 Å². The van der Waals surface area contributed by atoms with Crippen molar-refractivity contribution in [1.29, 1.82) is 0 Å². The van der Waals surface area contributed by atoms with Gasteiger partial charge in [0.25, 0.3) is 0 Å². The number of aliphatic hydroxyl groups excluding tert-OH is 1. The molecule has 0 fully saturated rings. The van der Waals surface area contributed by atoms with Gasteiger partial charge in [0.1, 0.15) is 22.8 Å². The minimum Gasteiger partial charge on any atom is -0.508 e. The molecule has 0 bridgehead atoms. The number of aliphatic hydroxyl groups is 1. The number of carbonyl (C=O) groups is 1. The van der Waals surface area contributed by atoms with E-state index in [4.69, 9.17) is 4.74 Å². The molecule has 6 N–H and O–H groups in total. The number of phenols is 5. The molecule has 0 amide bonds. The number of ketones is 1. The van der Waals surface area contributed by atoms with Gasteiger partial charge in [-0.1, -0.05) is 0 Å². The molecule has 0 aliphatic carbocycles. The predicted molar refractivity (Wildman–Crippen MR) is 74.9 cm³/mol. The monoisotopic (exact) mass is 384 g/mol. The maximum absolute atomic E-state index is 12.2. The number of rotatable bonds is 1. The molecule has 1 heterocycles. The number of Topliss-reactive ketones (excluding diaryl/α,β-unsaturated/α-hetero) is 1. The van der Waals surface area contributed by atoms with Crippen molar-refractivity contribution in [3.05, 3.63) is 35.4 Å². The molecule has 1 aliphatic rings. The zero-order valence-electron chi connectivity index (χ0n) is 12.2. The fourth-order valence-electron chi connectivity index (χ4n) is 2.45. The number of hydrogen-bond donors (Lipinski definition) is 6. The summed E-state index contributed by atoms with van der Waals surface area (Å²) in [5, 5.41) is 57.7. The molecule has 120 valence electrons. The molecule has 0 radical (unpaired) electrons. The molecule has 3 rings (SSSR count). The van der Waals surface area contributed by atoms with Gasteiger partial charge in [-0.3, -0.25) is 4.79 Å². The second-order valence-electron chi connectivity index (χ2n) is 5.09. The van der Waals surface area contributed by atoms with Crippen LogP contribution < -0.4 is 4.74 Å². The van der Waals surface area contributed by atoms with Crippen LogP contribution in [-0.2, 0) is 19.5 Å². The van der Waals surface area contributed by atoms with Crippen molar-refractivity contribution < 1.29 is 59.6 Å². The SMILES string of the molecule is O=C1c2c(O)cc(O)cc2O[C@H](c2cc(O)c(O)c(O)c2)[C@H]1O.[Zn+2]. The largest absolute Gasteiger partial charge is 2.00 e. The van der Waals surface area contributed by atoms with Crippen LogP contribution in [0.3, 0.4) is 0 Å². The van der Waals surface area contributed by atoms with Crippen LogP contribution in [-0.4, -0.2) is 42.5 Å². The summed E-state index contributed by atoms with van der Waals surface area (Å²) in [5.74, 6) is -3.96. The van der Waals surface area contributed by atoms with Crippen molar-refractivity contribution in [2.24, 2.45) is 0 Å². The minimum absolute atomic E-state index is 0. The third kappa shape index (κ3) is 2.72. The zero-order valence-corrected chi connectivity index (χ0v) is 15.1. The van der Waals surface area contributed by atoms with Crippen LogP contribution in [0.5, 0.6) is 34.5 Å². The van der Waals surface area contributed by atoms with Crippen LogP contribution >= 0.6 is 0 Å². The third-order valence-electron chi connectivity index (χ3n) is 3.54. The number of phenolic OH excluding ortho intramolecular Hbond substituents is 5. The maximum Gasteiger partial charge on any atom is 2.00 e. The van der Waals surface area contributed by atoms with Crippen molar-refractivity contribution in [2.75, 3.05) is 0 Å². The molecular formula is C15H12O8Zn+2. The third-order valence-corrected chi connectivity index (χ3v) is 3.54. The Morgan fingerprint density at radius 2 is 1.46 bits per heavy atom. The summed E-state index contributed by atoms with van der Waals surface area (Å²) < 4.78 is 5.42. The van der Waals surface area contributed by atoms with Crippen LogP contribution in [0, 0.1) is 0 Å². The van der Waals surface area contributed by atoms with Crippen LogP contribution in [0.25, 0.3) is 0 Å². The summed E-state index contributed by atoms with van der Waals surface area (Å²) in [7, 11) is 0. The molecule has 1 aliphatic heterocycles. The summed E-state index contributed by atoms with van der Waals surface area (Å²) in [6.07, 6.45) is -3.03. The van der Waals surface area contributed by atoms with Gasteiger partial charge in [-0.25, -0.2) is 0 Å². The van der Waals surface area contributed by atoms with Crippen LogP contribution in [0.15, 0.2) is 24.3 Å². The van der Waals surface area contributed by atoms with Crippen molar-refractivity contribution >= 4 is 5.78 Å². The molecule has 0 spiro atoms. The van der Waals surface area contributed by atoms with E-state index in [2.05, 4.69) is 0 Å². The summed E-state index contributed by atoms with van der Waals surface area (Å²) >= 11 is 0. The number of ether oxygens (including phenoxy) is 1. The van der Waals surface area contributed by atoms with E-state index in [0.29, 0.717) is 0 Å². The van der Waals surface area contributed by atoms with Gasteiger partial charge in [-0.05, 0) is 12.1 Å². The molecular weight excluding hydrogens is 374 g/mol. The summed E-state index contributed by atoms with van der Waals surface area (Å²) in [6, 6.07) is 4.06. The quantitative estimate of drug-likeness (QED) is 0.313.